The van der Waals surface area contributed by atoms with E-state index < -0.39 is 0 Å². The van der Waals surface area contributed by atoms with E-state index in [1.807, 2.05) is 0 Å². The summed E-state index contributed by atoms with van der Waals surface area (Å²) >= 11 is 0. The van der Waals surface area contributed by atoms with Crippen LogP contribution in [0.1, 0.15) is 40.0 Å². The van der Waals surface area contributed by atoms with Crippen molar-refractivity contribution in [2.75, 3.05) is 6.54 Å². The third kappa shape index (κ3) is 1.54. The predicted molar refractivity (Wildman–Crippen MR) is 55.7 cm³/mol. The standard InChI is InChI=1S/C11H20N2O/c1-4-9-12-7-10(14)13(9)8-5-11(2,3)6-8/h8-9,12H,4-7H2,1-3H3. The van der Waals surface area contributed by atoms with Crippen molar-refractivity contribution >= 4 is 5.91 Å². The zero-order valence-electron chi connectivity index (χ0n) is 9.34. The SMILES string of the molecule is CCC1NCC(=O)N1C1CC(C)(C)C1. The molecule has 0 bridgehead atoms. The van der Waals surface area contributed by atoms with Crippen LogP contribution in [0.3, 0.4) is 0 Å². The summed E-state index contributed by atoms with van der Waals surface area (Å²) < 4.78 is 0. The molecule has 1 N–H and O–H groups in total. The van der Waals surface area contributed by atoms with Crippen molar-refractivity contribution < 1.29 is 4.79 Å². The summed E-state index contributed by atoms with van der Waals surface area (Å²) in [4.78, 5) is 13.7. The Balaban J connectivity index is 1.99. The first kappa shape index (κ1) is 9.97. The van der Waals surface area contributed by atoms with Gasteiger partial charge in [-0.25, -0.2) is 0 Å². The molecule has 1 amide bonds. The summed E-state index contributed by atoms with van der Waals surface area (Å²) in [7, 11) is 0. The van der Waals surface area contributed by atoms with Gasteiger partial charge in [0.15, 0.2) is 0 Å². The number of hydrogen-bond acceptors (Lipinski definition) is 2. The van der Waals surface area contributed by atoms with Crippen molar-refractivity contribution in [2.24, 2.45) is 5.41 Å². The average molecular weight is 196 g/mol. The van der Waals surface area contributed by atoms with Gasteiger partial charge in [0.2, 0.25) is 5.91 Å². The van der Waals surface area contributed by atoms with Crippen LogP contribution in [0.25, 0.3) is 0 Å². The molecule has 0 aromatic heterocycles. The maximum absolute atomic E-state index is 11.7. The molecule has 2 fully saturated rings. The van der Waals surface area contributed by atoms with Crippen molar-refractivity contribution in [1.29, 1.82) is 0 Å². The van der Waals surface area contributed by atoms with Crippen molar-refractivity contribution in [2.45, 2.75) is 52.2 Å². The number of carbonyl (C=O) groups is 1. The van der Waals surface area contributed by atoms with Crippen molar-refractivity contribution in [1.82, 2.24) is 10.2 Å². The lowest BCUT2D eigenvalue weighted by Gasteiger charge is -2.48. The van der Waals surface area contributed by atoms with Crippen LogP contribution in [0.5, 0.6) is 0 Å². The van der Waals surface area contributed by atoms with E-state index in [0.29, 0.717) is 24.2 Å². The van der Waals surface area contributed by atoms with E-state index in [2.05, 4.69) is 31.0 Å². The Bertz CT molecular complexity index is 242. The highest BCUT2D eigenvalue weighted by Gasteiger charge is 2.45. The lowest BCUT2D eigenvalue weighted by Crippen LogP contribution is -2.53. The molecule has 2 rings (SSSR count). The summed E-state index contributed by atoms with van der Waals surface area (Å²) in [6.07, 6.45) is 3.64. The first-order valence-electron chi connectivity index (χ1n) is 5.58. The quantitative estimate of drug-likeness (QED) is 0.723. The van der Waals surface area contributed by atoms with Gasteiger partial charge in [0.1, 0.15) is 0 Å². The van der Waals surface area contributed by atoms with Gasteiger partial charge in [0.05, 0.1) is 12.7 Å². The van der Waals surface area contributed by atoms with Gasteiger partial charge >= 0.3 is 0 Å². The van der Waals surface area contributed by atoms with Gasteiger partial charge < -0.3 is 4.90 Å². The second kappa shape index (κ2) is 3.23. The molecule has 1 atom stereocenters. The van der Waals surface area contributed by atoms with Crippen LogP contribution in [0.15, 0.2) is 0 Å². The Kier molecular flexibility index (Phi) is 2.30. The largest absolute Gasteiger partial charge is 0.323 e. The second-order valence-electron chi connectivity index (χ2n) is 5.33. The van der Waals surface area contributed by atoms with Crippen LogP contribution in [0, 0.1) is 5.41 Å². The van der Waals surface area contributed by atoms with Gasteiger partial charge in [0, 0.05) is 6.04 Å². The Hall–Kier alpha value is -0.570. The Morgan fingerprint density at radius 2 is 2.14 bits per heavy atom. The molecule has 0 radical (unpaired) electrons. The normalized spacial score (nSPS) is 32.1. The molecule has 1 unspecified atom stereocenters. The van der Waals surface area contributed by atoms with Crippen molar-refractivity contribution in [3.05, 3.63) is 0 Å². The number of nitrogens with one attached hydrogen (secondary N) is 1. The van der Waals surface area contributed by atoms with Crippen LogP contribution in [0.2, 0.25) is 0 Å². The molecule has 1 saturated carbocycles. The first-order chi connectivity index (χ1) is 6.53. The second-order valence-corrected chi connectivity index (χ2v) is 5.33. The summed E-state index contributed by atoms with van der Waals surface area (Å²) in [6, 6.07) is 0.498. The molecule has 80 valence electrons. The van der Waals surface area contributed by atoms with E-state index in [9.17, 15) is 4.79 Å². The smallest absolute Gasteiger partial charge is 0.238 e. The number of amides is 1. The number of rotatable bonds is 2. The highest BCUT2D eigenvalue weighted by molar-refractivity contribution is 5.81. The number of hydrogen-bond donors (Lipinski definition) is 1. The number of carbonyl (C=O) groups excluding carboxylic acids is 1. The fourth-order valence-corrected chi connectivity index (χ4v) is 2.78. The fourth-order valence-electron chi connectivity index (χ4n) is 2.78. The zero-order valence-corrected chi connectivity index (χ0v) is 9.34. The number of nitrogens with zero attached hydrogens (tertiary/aromatic N) is 1. The van der Waals surface area contributed by atoms with Crippen LogP contribution in [0.4, 0.5) is 0 Å². The first-order valence-corrected chi connectivity index (χ1v) is 5.58. The highest BCUT2D eigenvalue weighted by Crippen LogP contribution is 2.43. The summed E-state index contributed by atoms with van der Waals surface area (Å²) in [6.45, 7) is 7.22. The molecule has 1 aliphatic heterocycles. The minimum absolute atomic E-state index is 0.289. The van der Waals surface area contributed by atoms with E-state index >= 15 is 0 Å². The Morgan fingerprint density at radius 3 is 2.64 bits per heavy atom. The molecule has 3 nitrogen and oxygen atoms in total. The minimum atomic E-state index is 0.289. The third-order valence-corrected chi connectivity index (χ3v) is 3.47. The fraction of sp³-hybridized carbons (Fsp3) is 0.909. The van der Waals surface area contributed by atoms with Gasteiger partial charge in [-0.05, 0) is 24.7 Å². The molecule has 1 aliphatic carbocycles. The molecule has 1 saturated heterocycles. The van der Waals surface area contributed by atoms with E-state index in [4.69, 9.17) is 0 Å². The molecule has 3 heteroatoms. The monoisotopic (exact) mass is 196 g/mol. The van der Waals surface area contributed by atoms with Gasteiger partial charge in [-0.3, -0.25) is 10.1 Å². The maximum atomic E-state index is 11.7. The van der Waals surface area contributed by atoms with Crippen molar-refractivity contribution in [3.63, 3.8) is 0 Å². The van der Waals surface area contributed by atoms with Crippen LogP contribution < -0.4 is 5.32 Å². The minimum Gasteiger partial charge on any atom is -0.323 e. The predicted octanol–water partition coefficient (Wildman–Crippen LogP) is 1.34. The molecule has 0 aromatic carbocycles. The van der Waals surface area contributed by atoms with Gasteiger partial charge in [-0.2, -0.15) is 0 Å². The van der Waals surface area contributed by atoms with Crippen molar-refractivity contribution in [3.8, 4) is 0 Å². The van der Waals surface area contributed by atoms with Gasteiger partial charge in [-0.15, -0.1) is 0 Å². The van der Waals surface area contributed by atoms with Crippen LogP contribution in [-0.4, -0.2) is 29.6 Å². The summed E-state index contributed by atoms with van der Waals surface area (Å²) in [5, 5.41) is 3.26. The molecular weight excluding hydrogens is 176 g/mol. The zero-order chi connectivity index (χ0) is 10.3. The van der Waals surface area contributed by atoms with E-state index in [1.165, 1.54) is 0 Å². The Morgan fingerprint density at radius 1 is 1.50 bits per heavy atom. The third-order valence-electron chi connectivity index (χ3n) is 3.47. The van der Waals surface area contributed by atoms with E-state index in [0.717, 1.165) is 19.3 Å². The Labute approximate surface area is 85.8 Å². The van der Waals surface area contributed by atoms with Crippen LogP contribution >= 0.6 is 0 Å². The average Bonchev–Trinajstić information content (AvgIpc) is 2.42. The molecule has 0 spiro atoms. The summed E-state index contributed by atoms with van der Waals surface area (Å²) in [5.74, 6) is 0.289. The van der Waals surface area contributed by atoms with Gasteiger partial charge in [0.25, 0.3) is 0 Å². The maximum Gasteiger partial charge on any atom is 0.238 e. The molecule has 2 aliphatic rings. The molecule has 0 aromatic rings. The van der Waals surface area contributed by atoms with Gasteiger partial charge in [-0.1, -0.05) is 20.8 Å². The van der Waals surface area contributed by atoms with Crippen LogP contribution in [-0.2, 0) is 4.79 Å². The lowest BCUT2D eigenvalue weighted by atomic mass is 9.68. The molecule has 14 heavy (non-hydrogen) atoms. The lowest BCUT2D eigenvalue weighted by molar-refractivity contribution is -0.134. The molecular formula is C11H20N2O. The highest BCUT2D eigenvalue weighted by atomic mass is 16.2. The van der Waals surface area contributed by atoms with E-state index in [-0.39, 0.29) is 5.91 Å². The summed E-state index contributed by atoms with van der Waals surface area (Å²) in [5.41, 5.74) is 0.450. The molecule has 1 heterocycles. The topological polar surface area (TPSA) is 32.3 Å². The van der Waals surface area contributed by atoms with E-state index in [1.54, 1.807) is 0 Å².